The lowest BCUT2D eigenvalue weighted by atomic mass is 10.3. The van der Waals surface area contributed by atoms with Crippen LogP contribution < -0.4 is 11.1 Å². The molecule has 0 aliphatic carbocycles. The van der Waals surface area contributed by atoms with Gasteiger partial charge < -0.3 is 15.8 Å². The molecule has 0 unspecified atom stereocenters. The first-order valence-corrected chi connectivity index (χ1v) is 6.54. The second-order valence-corrected chi connectivity index (χ2v) is 4.62. The number of nitrogens with two attached hydrogens (primary N) is 1. The minimum atomic E-state index is 0.484. The highest BCUT2D eigenvalue weighted by Gasteiger charge is 1.98. The molecule has 6 heteroatoms. The molecule has 0 bridgehead atoms. The second-order valence-electron chi connectivity index (χ2n) is 3.67. The van der Waals surface area contributed by atoms with Crippen LogP contribution in [-0.2, 0) is 11.2 Å². The minimum absolute atomic E-state index is 0.484. The van der Waals surface area contributed by atoms with Crippen molar-refractivity contribution >= 4 is 17.3 Å². The van der Waals surface area contributed by atoms with Crippen LogP contribution in [0.25, 0.3) is 0 Å². The Morgan fingerprint density at radius 2 is 2.47 bits per heavy atom. The smallest absolute Gasteiger partial charge is 0.188 e. The fourth-order valence-corrected chi connectivity index (χ4v) is 2.10. The fraction of sp³-hybridized carbons (Fsp3) is 0.636. The van der Waals surface area contributed by atoms with Crippen molar-refractivity contribution < 1.29 is 4.74 Å². The van der Waals surface area contributed by atoms with Crippen LogP contribution in [0.3, 0.4) is 0 Å². The van der Waals surface area contributed by atoms with Gasteiger partial charge in [-0.2, -0.15) is 0 Å². The first kappa shape index (κ1) is 13.9. The van der Waals surface area contributed by atoms with E-state index < -0.39 is 0 Å². The Labute approximate surface area is 106 Å². The second kappa shape index (κ2) is 8.03. The van der Waals surface area contributed by atoms with Crippen molar-refractivity contribution in [3.63, 3.8) is 0 Å². The summed E-state index contributed by atoms with van der Waals surface area (Å²) in [5.74, 6) is 0.484. The molecule has 0 radical (unpaired) electrons. The lowest BCUT2D eigenvalue weighted by Crippen LogP contribution is -2.34. The van der Waals surface area contributed by atoms with Gasteiger partial charge in [0, 0.05) is 37.7 Å². The Balaban J connectivity index is 2.12. The zero-order chi connectivity index (χ0) is 12.5. The van der Waals surface area contributed by atoms with E-state index in [1.807, 2.05) is 6.92 Å². The van der Waals surface area contributed by atoms with Crippen molar-refractivity contribution in [3.8, 4) is 0 Å². The molecule has 1 aromatic heterocycles. The molecule has 0 spiro atoms. The van der Waals surface area contributed by atoms with Gasteiger partial charge in [0.05, 0.1) is 11.6 Å². The van der Waals surface area contributed by atoms with Gasteiger partial charge in [0.2, 0.25) is 0 Å². The number of rotatable bonds is 7. The van der Waals surface area contributed by atoms with Gasteiger partial charge in [-0.15, -0.1) is 11.3 Å². The third kappa shape index (κ3) is 6.23. The third-order valence-corrected chi connectivity index (χ3v) is 3.14. The molecule has 0 fully saturated rings. The van der Waals surface area contributed by atoms with Gasteiger partial charge in [-0.3, -0.25) is 4.99 Å². The minimum Gasteiger partial charge on any atom is -0.383 e. The van der Waals surface area contributed by atoms with Crippen molar-refractivity contribution in [1.29, 1.82) is 0 Å². The highest BCUT2D eigenvalue weighted by atomic mass is 32.1. The summed E-state index contributed by atoms with van der Waals surface area (Å²) in [6.07, 6.45) is 1.94. The Bertz CT molecular complexity index is 351. The van der Waals surface area contributed by atoms with Gasteiger partial charge in [0.25, 0.3) is 0 Å². The predicted molar refractivity (Wildman–Crippen MR) is 71.5 cm³/mol. The molecule has 0 aliphatic rings. The Morgan fingerprint density at radius 3 is 3.12 bits per heavy atom. The fourth-order valence-electron chi connectivity index (χ4n) is 1.28. The summed E-state index contributed by atoms with van der Waals surface area (Å²) >= 11 is 1.70. The maximum Gasteiger partial charge on any atom is 0.188 e. The molecule has 1 aromatic rings. The quantitative estimate of drug-likeness (QED) is 0.432. The molecule has 0 saturated heterocycles. The van der Waals surface area contributed by atoms with Crippen molar-refractivity contribution in [3.05, 3.63) is 16.1 Å². The number of aryl methyl sites for hydroxylation is 2. The number of aliphatic imine (C=N–C) groups is 1. The molecule has 0 aliphatic heterocycles. The van der Waals surface area contributed by atoms with E-state index in [-0.39, 0.29) is 0 Å². The molecule has 5 nitrogen and oxygen atoms in total. The molecule has 96 valence electrons. The van der Waals surface area contributed by atoms with Gasteiger partial charge in [-0.05, 0) is 13.3 Å². The number of methoxy groups -OCH3 is 1. The van der Waals surface area contributed by atoms with Crippen LogP contribution in [0.1, 0.15) is 17.1 Å². The largest absolute Gasteiger partial charge is 0.383 e. The van der Waals surface area contributed by atoms with E-state index in [9.17, 15) is 0 Å². The molecule has 1 rings (SSSR count). The van der Waals surface area contributed by atoms with Crippen LogP contribution in [0.5, 0.6) is 0 Å². The van der Waals surface area contributed by atoms with Crippen LogP contribution >= 0.6 is 11.3 Å². The van der Waals surface area contributed by atoms with Gasteiger partial charge in [0.15, 0.2) is 5.96 Å². The summed E-state index contributed by atoms with van der Waals surface area (Å²) in [7, 11) is 1.66. The zero-order valence-electron chi connectivity index (χ0n) is 10.4. The highest BCUT2D eigenvalue weighted by Crippen LogP contribution is 2.10. The van der Waals surface area contributed by atoms with Crippen LogP contribution in [0.4, 0.5) is 0 Å². The normalized spacial score (nSPS) is 11.8. The number of hydrogen-bond donors (Lipinski definition) is 2. The van der Waals surface area contributed by atoms with E-state index in [1.165, 1.54) is 5.01 Å². The van der Waals surface area contributed by atoms with E-state index in [1.54, 1.807) is 18.4 Å². The summed E-state index contributed by atoms with van der Waals surface area (Å²) in [6, 6.07) is 0. The summed E-state index contributed by atoms with van der Waals surface area (Å²) in [5.41, 5.74) is 6.76. The molecule has 3 N–H and O–H groups in total. The number of ether oxygens (including phenoxy) is 1. The Morgan fingerprint density at radius 1 is 1.65 bits per heavy atom. The van der Waals surface area contributed by atoms with Gasteiger partial charge in [-0.25, -0.2) is 4.98 Å². The maximum absolute atomic E-state index is 5.67. The summed E-state index contributed by atoms with van der Waals surface area (Å²) in [4.78, 5) is 8.62. The average molecular weight is 256 g/mol. The van der Waals surface area contributed by atoms with Crippen LogP contribution in [0.15, 0.2) is 10.4 Å². The summed E-state index contributed by atoms with van der Waals surface area (Å²) in [6.45, 7) is 4.06. The number of hydrogen-bond acceptors (Lipinski definition) is 4. The first-order valence-electron chi connectivity index (χ1n) is 5.66. The highest BCUT2D eigenvalue weighted by molar-refractivity contribution is 7.09. The molecular formula is C11H20N4OS. The van der Waals surface area contributed by atoms with E-state index in [0.717, 1.165) is 25.1 Å². The zero-order valence-corrected chi connectivity index (χ0v) is 11.2. The van der Waals surface area contributed by atoms with Gasteiger partial charge in [-0.1, -0.05) is 0 Å². The van der Waals surface area contributed by atoms with E-state index in [4.69, 9.17) is 10.5 Å². The van der Waals surface area contributed by atoms with Crippen molar-refractivity contribution in [1.82, 2.24) is 10.3 Å². The topological polar surface area (TPSA) is 72.5 Å². The molecule has 0 saturated carbocycles. The van der Waals surface area contributed by atoms with Crippen molar-refractivity contribution in [2.45, 2.75) is 19.8 Å². The predicted octanol–water partition coefficient (Wildman–Crippen LogP) is 0.935. The summed E-state index contributed by atoms with van der Waals surface area (Å²) < 4.78 is 4.90. The Hall–Kier alpha value is -1.14. The lowest BCUT2D eigenvalue weighted by molar-refractivity contribution is 0.204. The van der Waals surface area contributed by atoms with E-state index >= 15 is 0 Å². The van der Waals surface area contributed by atoms with E-state index in [0.29, 0.717) is 19.1 Å². The van der Waals surface area contributed by atoms with Gasteiger partial charge >= 0.3 is 0 Å². The SMILES string of the molecule is COCCNC(N)=NCCCc1nc(C)cs1. The molecule has 0 atom stereocenters. The number of thiazole rings is 1. The van der Waals surface area contributed by atoms with E-state index in [2.05, 4.69) is 20.7 Å². The molecule has 17 heavy (non-hydrogen) atoms. The van der Waals surface area contributed by atoms with Crippen LogP contribution in [0.2, 0.25) is 0 Å². The molecular weight excluding hydrogens is 236 g/mol. The van der Waals surface area contributed by atoms with Crippen LogP contribution in [-0.4, -0.2) is 37.7 Å². The monoisotopic (exact) mass is 256 g/mol. The Kier molecular flexibility index (Phi) is 6.57. The van der Waals surface area contributed by atoms with Gasteiger partial charge in [0.1, 0.15) is 0 Å². The lowest BCUT2D eigenvalue weighted by Gasteiger charge is -2.03. The standard InChI is InChI=1S/C11H20N4OS/c1-9-8-17-10(15-9)4-3-5-13-11(12)14-6-7-16-2/h8H,3-7H2,1-2H3,(H3,12,13,14). The first-order chi connectivity index (χ1) is 8.22. The number of guanidine groups is 1. The molecule has 1 heterocycles. The van der Waals surface area contributed by atoms with Crippen molar-refractivity contribution in [2.24, 2.45) is 10.7 Å². The number of nitrogens with zero attached hydrogens (tertiary/aromatic N) is 2. The van der Waals surface area contributed by atoms with Crippen molar-refractivity contribution in [2.75, 3.05) is 26.8 Å². The maximum atomic E-state index is 5.67. The molecule has 0 aromatic carbocycles. The average Bonchev–Trinajstić information content (AvgIpc) is 2.71. The number of aromatic nitrogens is 1. The molecule has 0 amide bonds. The van der Waals surface area contributed by atoms with Crippen LogP contribution in [0, 0.1) is 6.92 Å². The number of nitrogens with one attached hydrogen (secondary N) is 1. The summed E-state index contributed by atoms with van der Waals surface area (Å²) in [5, 5.41) is 6.21. The third-order valence-electron chi connectivity index (χ3n) is 2.11.